The summed E-state index contributed by atoms with van der Waals surface area (Å²) in [4.78, 5) is 15.9. The van der Waals surface area contributed by atoms with E-state index < -0.39 is 0 Å². The number of rotatable bonds is 8. The van der Waals surface area contributed by atoms with Crippen molar-refractivity contribution in [2.24, 2.45) is 0 Å². The number of anilines is 1. The number of H-pyrrole nitrogens is 2. The summed E-state index contributed by atoms with van der Waals surface area (Å²) >= 11 is 0. The van der Waals surface area contributed by atoms with Crippen LogP contribution in [0.4, 0.5) is 5.82 Å². The third kappa shape index (κ3) is 4.41. The van der Waals surface area contributed by atoms with Crippen LogP contribution in [0.3, 0.4) is 0 Å². The van der Waals surface area contributed by atoms with Crippen molar-refractivity contribution >= 4 is 16.9 Å². The number of aromatic nitrogens is 6. The van der Waals surface area contributed by atoms with Crippen molar-refractivity contribution in [1.29, 1.82) is 0 Å². The van der Waals surface area contributed by atoms with Crippen molar-refractivity contribution in [3.8, 4) is 28.1 Å². The van der Waals surface area contributed by atoms with Gasteiger partial charge in [0.2, 0.25) is 0 Å². The van der Waals surface area contributed by atoms with Gasteiger partial charge >= 0.3 is 0 Å². The fourth-order valence-electron chi connectivity index (χ4n) is 4.96. The van der Waals surface area contributed by atoms with Gasteiger partial charge in [0, 0.05) is 40.5 Å². The Morgan fingerprint density at radius 3 is 2.66 bits per heavy atom. The van der Waals surface area contributed by atoms with Crippen molar-refractivity contribution < 1.29 is 4.74 Å². The quantitative estimate of drug-likeness (QED) is 0.225. The van der Waals surface area contributed by atoms with Crippen molar-refractivity contribution in [3.63, 3.8) is 0 Å². The SMILES string of the molecule is COc1ccccc1Cn1ccc(-c2c[nH]c3ncnc(N[C@@H](C)c4[nH]c(C)cc4-c4ccccc4)c23)n1. The van der Waals surface area contributed by atoms with E-state index in [2.05, 4.69) is 75.5 Å². The average Bonchev–Trinajstić information content (AvgIpc) is 3.68. The first-order valence-electron chi connectivity index (χ1n) is 12.6. The van der Waals surface area contributed by atoms with Crippen LogP contribution in [0.1, 0.15) is 29.9 Å². The number of benzene rings is 2. The molecule has 0 fully saturated rings. The number of hydrogen-bond donors (Lipinski definition) is 3. The highest BCUT2D eigenvalue weighted by molar-refractivity contribution is 6.00. The van der Waals surface area contributed by atoms with Gasteiger partial charge in [0.25, 0.3) is 0 Å². The van der Waals surface area contributed by atoms with Gasteiger partial charge < -0.3 is 20.0 Å². The number of nitrogens with zero attached hydrogens (tertiary/aromatic N) is 4. The average molecular weight is 504 g/mol. The van der Waals surface area contributed by atoms with E-state index in [0.717, 1.165) is 50.8 Å². The molecule has 0 radical (unpaired) electrons. The van der Waals surface area contributed by atoms with Crippen LogP contribution in [-0.4, -0.2) is 36.8 Å². The highest BCUT2D eigenvalue weighted by Gasteiger charge is 2.20. The molecule has 0 amide bonds. The Bertz CT molecular complexity index is 1700. The van der Waals surface area contributed by atoms with Gasteiger partial charge in [-0.1, -0.05) is 48.5 Å². The van der Waals surface area contributed by atoms with Crippen LogP contribution in [0.5, 0.6) is 5.75 Å². The van der Waals surface area contributed by atoms with E-state index in [1.54, 1.807) is 13.4 Å². The van der Waals surface area contributed by atoms with Crippen LogP contribution < -0.4 is 10.1 Å². The Morgan fingerprint density at radius 1 is 1.00 bits per heavy atom. The number of aryl methyl sites for hydroxylation is 1. The Morgan fingerprint density at radius 2 is 1.82 bits per heavy atom. The molecule has 0 bridgehead atoms. The molecule has 0 aliphatic carbocycles. The van der Waals surface area contributed by atoms with Crippen LogP contribution >= 0.6 is 0 Å². The molecule has 0 unspecified atom stereocenters. The van der Waals surface area contributed by atoms with Crippen LogP contribution in [0.15, 0.2) is 85.5 Å². The molecule has 8 nitrogen and oxygen atoms in total. The van der Waals surface area contributed by atoms with Crippen molar-refractivity contribution in [2.45, 2.75) is 26.4 Å². The number of fused-ring (bicyclic) bond motifs is 1. The van der Waals surface area contributed by atoms with Crippen molar-refractivity contribution in [1.82, 2.24) is 29.7 Å². The number of aromatic amines is 2. The van der Waals surface area contributed by atoms with Gasteiger partial charge in [0.1, 0.15) is 23.5 Å². The van der Waals surface area contributed by atoms with Crippen molar-refractivity contribution in [2.75, 3.05) is 12.4 Å². The standard InChI is InChI=1S/C30H29N7O/c1-19-15-23(21-9-5-4-6-10-21)28(34-19)20(2)35-30-27-24(16-31-29(27)32-18-33-30)25-13-14-37(36-25)17-22-11-7-8-12-26(22)38-3/h4-16,18,20,34H,17H2,1-3H3,(H2,31,32,33,35)/t20-/m0/s1. The largest absolute Gasteiger partial charge is 0.496 e. The van der Waals surface area contributed by atoms with E-state index in [1.165, 1.54) is 11.1 Å². The Kier molecular flexibility index (Phi) is 6.13. The van der Waals surface area contributed by atoms with E-state index in [1.807, 2.05) is 47.4 Å². The minimum Gasteiger partial charge on any atom is -0.496 e. The van der Waals surface area contributed by atoms with E-state index in [4.69, 9.17) is 9.84 Å². The number of methoxy groups -OCH3 is 1. The molecule has 6 aromatic rings. The minimum absolute atomic E-state index is 0.0251. The lowest BCUT2D eigenvalue weighted by Crippen LogP contribution is -2.10. The lowest BCUT2D eigenvalue weighted by Gasteiger charge is -2.17. The van der Waals surface area contributed by atoms with Gasteiger partial charge in [0.05, 0.1) is 30.8 Å². The van der Waals surface area contributed by atoms with Crippen LogP contribution in [0.25, 0.3) is 33.4 Å². The zero-order valence-electron chi connectivity index (χ0n) is 21.6. The van der Waals surface area contributed by atoms with Crippen LogP contribution in [-0.2, 0) is 6.54 Å². The maximum absolute atomic E-state index is 5.51. The van der Waals surface area contributed by atoms with Gasteiger partial charge in [-0.25, -0.2) is 9.97 Å². The molecular formula is C30H29N7O. The maximum atomic E-state index is 5.51. The molecule has 190 valence electrons. The summed E-state index contributed by atoms with van der Waals surface area (Å²) in [5.41, 5.74) is 8.20. The van der Waals surface area contributed by atoms with E-state index in [9.17, 15) is 0 Å². The topological polar surface area (TPSA) is 96.4 Å². The van der Waals surface area contributed by atoms with Crippen LogP contribution in [0.2, 0.25) is 0 Å². The van der Waals surface area contributed by atoms with E-state index in [-0.39, 0.29) is 6.04 Å². The maximum Gasteiger partial charge on any atom is 0.143 e. The molecule has 4 aromatic heterocycles. The molecule has 0 aliphatic rings. The first kappa shape index (κ1) is 23.5. The molecule has 6 rings (SSSR count). The first-order valence-corrected chi connectivity index (χ1v) is 12.6. The number of ether oxygens (including phenoxy) is 1. The number of para-hydroxylation sites is 1. The van der Waals surface area contributed by atoms with E-state index >= 15 is 0 Å². The molecular weight excluding hydrogens is 474 g/mol. The molecule has 1 atom stereocenters. The predicted octanol–water partition coefficient (Wildman–Crippen LogP) is 6.35. The fraction of sp³-hybridized carbons (Fsp3) is 0.167. The van der Waals surface area contributed by atoms with Gasteiger partial charge in [-0.15, -0.1) is 0 Å². The Balaban J connectivity index is 1.32. The molecule has 4 heterocycles. The first-order chi connectivity index (χ1) is 18.6. The van der Waals surface area contributed by atoms with Gasteiger partial charge in [0.15, 0.2) is 0 Å². The highest BCUT2D eigenvalue weighted by Crippen LogP contribution is 2.35. The zero-order valence-corrected chi connectivity index (χ0v) is 21.6. The lowest BCUT2D eigenvalue weighted by molar-refractivity contribution is 0.407. The normalized spacial score (nSPS) is 12.1. The Hall–Kier alpha value is -4.85. The summed E-state index contributed by atoms with van der Waals surface area (Å²) in [5, 5.41) is 9.40. The summed E-state index contributed by atoms with van der Waals surface area (Å²) in [7, 11) is 1.69. The smallest absolute Gasteiger partial charge is 0.143 e. The molecule has 8 heteroatoms. The van der Waals surface area contributed by atoms with Crippen LogP contribution in [0, 0.1) is 6.92 Å². The van der Waals surface area contributed by atoms with E-state index in [0.29, 0.717) is 6.54 Å². The monoisotopic (exact) mass is 503 g/mol. The third-order valence-electron chi connectivity index (χ3n) is 6.77. The second kappa shape index (κ2) is 9.89. The Labute approximate surface area is 220 Å². The predicted molar refractivity (Wildman–Crippen MR) is 150 cm³/mol. The summed E-state index contributed by atoms with van der Waals surface area (Å²) in [6, 6.07) is 22.6. The number of nitrogens with one attached hydrogen (secondary N) is 3. The fourth-order valence-corrected chi connectivity index (χ4v) is 4.96. The highest BCUT2D eigenvalue weighted by atomic mass is 16.5. The third-order valence-corrected chi connectivity index (χ3v) is 6.77. The van der Waals surface area contributed by atoms with Gasteiger partial charge in [-0.2, -0.15) is 5.10 Å². The number of hydrogen-bond acceptors (Lipinski definition) is 5. The van der Waals surface area contributed by atoms with Gasteiger partial charge in [-0.05, 0) is 37.6 Å². The summed E-state index contributed by atoms with van der Waals surface area (Å²) in [6.07, 6.45) is 5.50. The zero-order chi connectivity index (χ0) is 26.1. The van der Waals surface area contributed by atoms with Gasteiger partial charge in [-0.3, -0.25) is 4.68 Å². The summed E-state index contributed by atoms with van der Waals surface area (Å²) in [6.45, 7) is 4.83. The molecule has 38 heavy (non-hydrogen) atoms. The summed E-state index contributed by atoms with van der Waals surface area (Å²) < 4.78 is 7.42. The summed E-state index contributed by atoms with van der Waals surface area (Å²) in [5.74, 6) is 1.60. The molecule has 0 saturated heterocycles. The minimum atomic E-state index is -0.0251. The lowest BCUT2D eigenvalue weighted by atomic mass is 10.0. The molecule has 3 N–H and O–H groups in total. The molecule has 0 saturated carbocycles. The molecule has 0 spiro atoms. The molecule has 2 aromatic carbocycles. The van der Waals surface area contributed by atoms with Crippen molar-refractivity contribution in [3.05, 3.63) is 102 Å². The second-order valence-corrected chi connectivity index (χ2v) is 9.37. The molecule has 0 aliphatic heterocycles. The second-order valence-electron chi connectivity index (χ2n) is 9.37.